The zero-order valence-corrected chi connectivity index (χ0v) is 12.8. The molecule has 8 heteroatoms. The van der Waals surface area contributed by atoms with Gasteiger partial charge in [0.25, 0.3) is 0 Å². The van der Waals surface area contributed by atoms with Crippen LogP contribution in [0.2, 0.25) is 0 Å². The van der Waals surface area contributed by atoms with Crippen LogP contribution in [0.1, 0.15) is 24.4 Å². The van der Waals surface area contributed by atoms with E-state index in [-0.39, 0.29) is 17.5 Å². The maximum Gasteiger partial charge on any atom is 0.240 e. The Bertz CT molecular complexity index is 709. The van der Waals surface area contributed by atoms with Crippen LogP contribution in [0.5, 0.6) is 0 Å². The lowest BCUT2D eigenvalue weighted by Gasteiger charge is -2.09. The molecule has 0 aliphatic rings. The highest BCUT2D eigenvalue weighted by Crippen LogP contribution is 2.15. The fourth-order valence-corrected chi connectivity index (χ4v) is 2.93. The van der Waals surface area contributed by atoms with E-state index in [2.05, 4.69) is 14.8 Å². The predicted molar refractivity (Wildman–Crippen MR) is 78.9 cm³/mol. The summed E-state index contributed by atoms with van der Waals surface area (Å²) in [4.78, 5) is 4.26. The molecule has 0 aliphatic heterocycles. The summed E-state index contributed by atoms with van der Waals surface area (Å²) in [5.41, 5.74) is 6.55. The van der Waals surface area contributed by atoms with E-state index in [9.17, 15) is 8.42 Å². The number of hydrogen-bond acceptors (Lipinski definition) is 5. The summed E-state index contributed by atoms with van der Waals surface area (Å²) in [5.74, 6) is 0.601. The van der Waals surface area contributed by atoms with Crippen LogP contribution in [0.3, 0.4) is 0 Å². The second-order valence-electron chi connectivity index (χ2n) is 4.84. The van der Waals surface area contributed by atoms with Crippen molar-refractivity contribution in [3.63, 3.8) is 0 Å². The Balaban J connectivity index is 2.03. The van der Waals surface area contributed by atoms with Crippen LogP contribution in [-0.2, 0) is 23.5 Å². The van der Waals surface area contributed by atoms with Gasteiger partial charge in [-0.25, -0.2) is 18.1 Å². The number of sulfonamides is 1. The highest BCUT2D eigenvalue weighted by molar-refractivity contribution is 7.89. The van der Waals surface area contributed by atoms with E-state index >= 15 is 0 Å². The van der Waals surface area contributed by atoms with Gasteiger partial charge in [-0.05, 0) is 24.6 Å². The number of nitrogens with one attached hydrogen (secondary N) is 1. The lowest BCUT2D eigenvalue weighted by molar-refractivity contribution is 0.580. The Kier molecular flexibility index (Phi) is 4.71. The first-order valence-electron chi connectivity index (χ1n) is 6.58. The van der Waals surface area contributed by atoms with Crippen molar-refractivity contribution >= 4 is 10.0 Å². The lowest BCUT2D eigenvalue weighted by atomic mass is 10.1. The molecule has 0 fully saturated rings. The van der Waals surface area contributed by atoms with Gasteiger partial charge in [-0.15, -0.1) is 0 Å². The van der Waals surface area contributed by atoms with Crippen LogP contribution in [0, 0.1) is 0 Å². The zero-order chi connectivity index (χ0) is 15.5. The Morgan fingerprint density at radius 3 is 2.81 bits per heavy atom. The van der Waals surface area contributed by atoms with Gasteiger partial charge in [-0.2, -0.15) is 5.10 Å². The molecule has 2 aromatic rings. The topological polar surface area (TPSA) is 103 Å². The average molecular weight is 309 g/mol. The molecule has 1 atom stereocenters. The fourth-order valence-electron chi connectivity index (χ4n) is 1.84. The summed E-state index contributed by atoms with van der Waals surface area (Å²) in [5, 5.41) is 4.09. The number of aryl methyl sites for hydroxylation is 1. The second-order valence-corrected chi connectivity index (χ2v) is 6.61. The van der Waals surface area contributed by atoms with Crippen LogP contribution in [-0.4, -0.2) is 29.7 Å². The molecule has 0 bridgehead atoms. The van der Waals surface area contributed by atoms with Gasteiger partial charge < -0.3 is 5.73 Å². The first-order valence-corrected chi connectivity index (χ1v) is 8.06. The maximum absolute atomic E-state index is 12.2. The molecule has 21 heavy (non-hydrogen) atoms. The number of rotatable bonds is 6. The summed E-state index contributed by atoms with van der Waals surface area (Å²) in [7, 11) is -1.78. The van der Waals surface area contributed by atoms with Crippen molar-refractivity contribution < 1.29 is 8.42 Å². The minimum atomic E-state index is -3.55. The number of nitrogens with zero attached hydrogens (tertiary/aromatic N) is 3. The summed E-state index contributed by atoms with van der Waals surface area (Å²) >= 11 is 0. The largest absolute Gasteiger partial charge is 0.324 e. The third-order valence-corrected chi connectivity index (χ3v) is 4.44. The molecule has 0 saturated carbocycles. The Morgan fingerprint density at radius 2 is 2.19 bits per heavy atom. The monoisotopic (exact) mass is 309 g/mol. The van der Waals surface area contributed by atoms with E-state index in [4.69, 9.17) is 5.73 Å². The fraction of sp³-hybridized carbons (Fsp3) is 0.385. The molecule has 1 aromatic heterocycles. The minimum Gasteiger partial charge on any atom is -0.324 e. The molecular weight excluding hydrogens is 290 g/mol. The Morgan fingerprint density at radius 1 is 1.43 bits per heavy atom. The van der Waals surface area contributed by atoms with Crippen molar-refractivity contribution in [3.05, 3.63) is 42.0 Å². The third kappa shape index (κ3) is 4.10. The maximum atomic E-state index is 12.2. The van der Waals surface area contributed by atoms with E-state index in [0.717, 1.165) is 5.56 Å². The second kappa shape index (κ2) is 6.33. The van der Waals surface area contributed by atoms with E-state index in [0.29, 0.717) is 12.2 Å². The van der Waals surface area contributed by atoms with Crippen LogP contribution in [0.15, 0.2) is 35.5 Å². The quantitative estimate of drug-likeness (QED) is 0.802. The van der Waals surface area contributed by atoms with Gasteiger partial charge >= 0.3 is 0 Å². The molecule has 0 spiro atoms. The molecule has 114 valence electrons. The number of aromatic nitrogens is 3. The zero-order valence-electron chi connectivity index (χ0n) is 12.0. The standard InChI is InChI=1S/C13H19N5O2S/c1-10(14)11-4-3-5-12(8-11)21(19,20)16-7-6-13-15-9-18(2)17-13/h3-5,8-10,16H,6-7,14H2,1-2H3. The molecule has 1 unspecified atom stereocenters. The summed E-state index contributed by atoms with van der Waals surface area (Å²) < 4.78 is 28.5. The first kappa shape index (κ1) is 15.6. The highest BCUT2D eigenvalue weighted by atomic mass is 32.2. The summed E-state index contributed by atoms with van der Waals surface area (Å²) in [6, 6.07) is 6.42. The molecule has 0 aliphatic carbocycles. The molecule has 2 rings (SSSR count). The smallest absolute Gasteiger partial charge is 0.240 e. The molecule has 0 saturated heterocycles. The molecule has 0 radical (unpaired) electrons. The van der Waals surface area contributed by atoms with E-state index in [1.807, 2.05) is 13.0 Å². The Labute approximate surface area is 124 Å². The van der Waals surface area contributed by atoms with Crippen molar-refractivity contribution in [2.45, 2.75) is 24.3 Å². The van der Waals surface area contributed by atoms with Gasteiger partial charge in [0, 0.05) is 26.1 Å². The van der Waals surface area contributed by atoms with Gasteiger partial charge in [-0.3, -0.25) is 4.68 Å². The van der Waals surface area contributed by atoms with E-state index < -0.39 is 10.0 Å². The van der Waals surface area contributed by atoms with Crippen molar-refractivity contribution in [3.8, 4) is 0 Å². The van der Waals surface area contributed by atoms with Crippen molar-refractivity contribution in [2.24, 2.45) is 12.8 Å². The normalized spacial score (nSPS) is 13.3. The van der Waals surface area contributed by atoms with Crippen LogP contribution in [0.25, 0.3) is 0 Å². The molecule has 1 heterocycles. The average Bonchev–Trinajstić information content (AvgIpc) is 2.84. The van der Waals surface area contributed by atoms with Crippen molar-refractivity contribution in [2.75, 3.05) is 6.54 Å². The van der Waals surface area contributed by atoms with Gasteiger partial charge in [-0.1, -0.05) is 12.1 Å². The third-order valence-electron chi connectivity index (χ3n) is 2.98. The molecule has 0 amide bonds. The van der Waals surface area contributed by atoms with E-state index in [1.54, 1.807) is 36.3 Å². The van der Waals surface area contributed by atoms with Crippen molar-refractivity contribution in [1.29, 1.82) is 0 Å². The molecule has 3 N–H and O–H groups in total. The number of hydrogen-bond donors (Lipinski definition) is 2. The Hall–Kier alpha value is -1.77. The lowest BCUT2D eigenvalue weighted by Crippen LogP contribution is -2.26. The van der Waals surface area contributed by atoms with E-state index in [1.165, 1.54) is 0 Å². The number of nitrogens with two attached hydrogens (primary N) is 1. The van der Waals surface area contributed by atoms with Crippen LogP contribution in [0.4, 0.5) is 0 Å². The van der Waals surface area contributed by atoms with Gasteiger partial charge in [0.05, 0.1) is 4.90 Å². The van der Waals surface area contributed by atoms with Gasteiger partial charge in [0.15, 0.2) is 5.82 Å². The van der Waals surface area contributed by atoms with Crippen LogP contribution < -0.4 is 10.5 Å². The summed E-state index contributed by atoms with van der Waals surface area (Å²) in [6.07, 6.45) is 2.02. The van der Waals surface area contributed by atoms with Gasteiger partial charge in [0.1, 0.15) is 6.33 Å². The first-order chi connectivity index (χ1) is 9.88. The SMILES string of the molecule is CC(N)c1cccc(S(=O)(=O)NCCc2ncn(C)n2)c1. The van der Waals surface area contributed by atoms with Crippen LogP contribution >= 0.6 is 0 Å². The molecular formula is C13H19N5O2S. The van der Waals surface area contributed by atoms with Crippen molar-refractivity contribution in [1.82, 2.24) is 19.5 Å². The van der Waals surface area contributed by atoms with Gasteiger partial charge in [0.2, 0.25) is 10.0 Å². The minimum absolute atomic E-state index is 0.210. The predicted octanol–water partition coefficient (Wildman–Crippen LogP) is 0.356. The highest BCUT2D eigenvalue weighted by Gasteiger charge is 2.15. The molecule has 1 aromatic carbocycles. The number of benzene rings is 1. The summed E-state index contributed by atoms with van der Waals surface area (Å²) in [6.45, 7) is 2.06. The molecule has 7 nitrogen and oxygen atoms in total.